The number of nitrogens with zero attached hydrogens (tertiary/aromatic N) is 4. The van der Waals surface area contributed by atoms with Crippen LogP contribution >= 0.6 is 11.6 Å². The largest absolute Gasteiger partial charge is 0.474 e. The smallest absolute Gasteiger partial charge is 0.319 e. The lowest BCUT2D eigenvalue weighted by Gasteiger charge is -2.32. The van der Waals surface area contributed by atoms with E-state index in [1.54, 1.807) is 30.2 Å². The van der Waals surface area contributed by atoms with Crippen molar-refractivity contribution < 1.29 is 18.8 Å². The maximum absolute atomic E-state index is 13.2. The van der Waals surface area contributed by atoms with Crippen molar-refractivity contribution in [3.63, 3.8) is 0 Å². The van der Waals surface area contributed by atoms with Crippen LogP contribution in [0.4, 0.5) is 0 Å². The highest BCUT2D eigenvalue weighted by Gasteiger charge is 2.30. The minimum atomic E-state index is -0.120. The van der Waals surface area contributed by atoms with Gasteiger partial charge in [0, 0.05) is 43.8 Å². The van der Waals surface area contributed by atoms with Gasteiger partial charge in [0.25, 0.3) is 5.91 Å². The van der Waals surface area contributed by atoms with E-state index in [4.69, 9.17) is 25.6 Å². The van der Waals surface area contributed by atoms with Crippen molar-refractivity contribution in [2.45, 2.75) is 25.9 Å². The number of ether oxygens (including phenoxy) is 2. The summed E-state index contributed by atoms with van der Waals surface area (Å²) in [6, 6.07) is 9.22. The molecular weight excluding hydrogens is 408 g/mol. The Morgan fingerprint density at radius 1 is 1.23 bits per heavy atom. The maximum Gasteiger partial charge on any atom is 0.319 e. The van der Waals surface area contributed by atoms with Crippen LogP contribution < -0.4 is 9.47 Å². The molecule has 0 saturated carbocycles. The van der Waals surface area contributed by atoms with Crippen LogP contribution in [0.5, 0.6) is 11.9 Å². The van der Waals surface area contributed by atoms with E-state index in [-0.39, 0.29) is 18.0 Å². The van der Waals surface area contributed by atoms with Crippen LogP contribution in [-0.4, -0.2) is 52.2 Å². The van der Waals surface area contributed by atoms with Gasteiger partial charge in [0.1, 0.15) is 23.1 Å². The van der Waals surface area contributed by atoms with Crippen molar-refractivity contribution >= 4 is 17.5 Å². The van der Waals surface area contributed by atoms with Gasteiger partial charge >= 0.3 is 6.01 Å². The Labute approximate surface area is 178 Å². The maximum atomic E-state index is 13.2. The van der Waals surface area contributed by atoms with Gasteiger partial charge in [-0.1, -0.05) is 35.0 Å². The second kappa shape index (κ2) is 8.71. The average molecular weight is 429 g/mol. The van der Waals surface area contributed by atoms with Crippen molar-refractivity contribution in [2.75, 3.05) is 20.2 Å². The third kappa shape index (κ3) is 4.09. The Bertz CT molecular complexity index is 1050. The molecule has 0 aliphatic carbocycles. The summed E-state index contributed by atoms with van der Waals surface area (Å²) in [5, 5.41) is 4.61. The van der Waals surface area contributed by atoms with Crippen LogP contribution in [-0.2, 0) is 0 Å². The number of carbonyl (C=O) groups excluding carboxylic acids is 1. The van der Waals surface area contributed by atoms with Crippen LogP contribution in [0.1, 0.15) is 29.0 Å². The Morgan fingerprint density at radius 3 is 2.73 bits per heavy atom. The number of aryl methyl sites for hydroxylation is 1. The van der Waals surface area contributed by atoms with E-state index in [0.29, 0.717) is 59.4 Å². The summed E-state index contributed by atoms with van der Waals surface area (Å²) < 4.78 is 16.3. The van der Waals surface area contributed by atoms with Crippen molar-refractivity contribution in [1.82, 2.24) is 20.0 Å². The molecule has 2 aromatic heterocycles. The zero-order chi connectivity index (χ0) is 21.1. The van der Waals surface area contributed by atoms with E-state index in [1.807, 2.05) is 18.2 Å². The molecule has 9 heteroatoms. The summed E-state index contributed by atoms with van der Waals surface area (Å²) in [4.78, 5) is 23.2. The number of likely N-dealkylation sites (tertiary alicyclic amines) is 1. The van der Waals surface area contributed by atoms with Crippen LogP contribution in [0.3, 0.4) is 0 Å². The first-order valence-corrected chi connectivity index (χ1v) is 9.98. The molecule has 1 saturated heterocycles. The monoisotopic (exact) mass is 428 g/mol. The lowest BCUT2D eigenvalue weighted by Crippen LogP contribution is -2.42. The first-order chi connectivity index (χ1) is 14.6. The number of amides is 1. The van der Waals surface area contributed by atoms with Gasteiger partial charge < -0.3 is 18.9 Å². The van der Waals surface area contributed by atoms with Gasteiger partial charge in [-0.25, -0.2) is 4.98 Å². The van der Waals surface area contributed by atoms with Crippen molar-refractivity contribution in [3.8, 4) is 23.1 Å². The molecule has 1 aliphatic rings. The second-order valence-electron chi connectivity index (χ2n) is 6.93. The molecule has 3 aromatic rings. The average Bonchev–Trinajstić information content (AvgIpc) is 3.15. The van der Waals surface area contributed by atoms with Gasteiger partial charge in [-0.15, -0.1) is 0 Å². The molecule has 0 spiro atoms. The van der Waals surface area contributed by atoms with E-state index in [9.17, 15) is 4.79 Å². The number of carbonyl (C=O) groups is 1. The van der Waals surface area contributed by atoms with E-state index in [1.165, 1.54) is 7.11 Å². The molecule has 30 heavy (non-hydrogen) atoms. The standard InChI is InChI=1S/C21H21ClN4O4/c1-13-18(19(25-30-13)15-5-3-4-6-16(15)22)20(27)26-11-8-14(9-12-26)29-17-7-10-23-21(24-17)28-2/h3-7,10,14H,8-9,11-12H2,1-2H3. The molecule has 0 radical (unpaired) electrons. The van der Waals surface area contributed by atoms with Gasteiger partial charge in [-0.2, -0.15) is 4.98 Å². The van der Waals surface area contributed by atoms with E-state index >= 15 is 0 Å². The second-order valence-corrected chi connectivity index (χ2v) is 7.34. The Balaban J connectivity index is 1.45. The molecule has 0 unspecified atom stereocenters. The fraction of sp³-hybridized carbons (Fsp3) is 0.333. The number of halogens is 1. The molecule has 1 aliphatic heterocycles. The molecule has 0 bridgehead atoms. The first-order valence-electron chi connectivity index (χ1n) is 9.61. The predicted octanol–water partition coefficient (Wildman–Crippen LogP) is 3.79. The van der Waals surface area contributed by atoms with Crippen molar-refractivity contribution in [2.24, 2.45) is 0 Å². The van der Waals surface area contributed by atoms with Crippen molar-refractivity contribution in [1.29, 1.82) is 0 Å². The van der Waals surface area contributed by atoms with E-state index < -0.39 is 0 Å². The number of hydrogen-bond acceptors (Lipinski definition) is 7. The molecule has 1 aromatic carbocycles. The molecule has 1 fully saturated rings. The van der Waals surface area contributed by atoms with Gasteiger partial charge in [0.2, 0.25) is 5.88 Å². The summed E-state index contributed by atoms with van der Waals surface area (Å²) in [5.74, 6) is 0.815. The van der Waals surface area contributed by atoms with Crippen molar-refractivity contribution in [3.05, 3.63) is 52.9 Å². The SMILES string of the molecule is COc1nccc(OC2CCN(C(=O)c3c(-c4ccccc4Cl)noc3C)CC2)n1. The highest BCUT2D eigenvalue weighted by Crippen LogP contribution is 2.32. The third-order valence-corrected chi connectivity index (χ3v) is 5.34. The summed E-state index contributed by atoms with van der Waals surface area (Å²) in [7, 11) is 1.51. The fourth-order valence-electron chi connectivity index (χ4n) is 3.46. The highest BCUT2D eigenvalue weighted by atomic mass is 35.5. The minimum Gasteiger partial charge on any atom is -0.474 e. The Hall–Kier alpha value is -3.13. The first kappa shape index (κ1) is 20.2. The van der Waals surface area contributed by atoms with Crippen LogP contribution in [0.15, 0.2) is 41.1 Å². The molecule has 156 valence electrons. The highest BCUT2D eigenvalue weighted by molar-refractivity contribution is 6.33. The molecule has 0 atom stereocenters. The summed E-state index contributed by atoms with van der Waals surface area (Å²) in [5.41, 5.74) is 1.59. The Kier molecular flexibility index (Phi) is 5.85. The number of hydrogen-bond donors (Lipinski definition) is 0. The molecule has 8 nitrogen and oxygen atoms in total. The van der Waals surface area contributed by atoms with E-state index in [0.717, 1.165) is 0 Å². The van der Waals surface area contributed by atoms with Gasteiger partial charge in [-0.3, -0.25) is 4.79 Å². The quantitative estimate of drug-likeness (QED) is 0.610. The minimum absolute atomic E-state index is 0.0414. The van der Waals surface area contributed by atoms with E-state index in [2.05, 4.69) is 15.1 Å². The number of piperidine rings is 1. The molecule has 1 amide bonds. The normalized spacial score (nSPS) is 14.6. The Morgan fingerprint density at radius 2 is 2.00 bits per heavy atom. The summed E-state index contributed by atoms with van der Waals surface area (Å²) in [6.07, 6.45) is 2.92. The summed E-state index contributed by atoms with van der Waals surface area (Å²) >= 11 is 6.31. The number of methoxy groups -OCH3 is 1. The zero-order valence-electron chi connectivity index (χ0n) is 16.7. The molecular formula is C21H21ClN4O4. The molecule has 4 rings (SSSR count). The zero-order valence-corrected chi connectivity index (χ0v) is 17.4. The molecule has 3 heterocycles. The van der Waals surface area contributed by atoms with Gasteiger partial charge in [0.05, 0.1) is 12.1 Å². The molecule has 0 N–H and O–H groups in total. The number of rotatable bonds is 5. The summed E-state index contributed by atoms with van der Waals surface area (Å²) in [6.45, 7) is 2.84. The number of aromatic nitrogens is 3. The van der Waals surface area contributed by atoms with Gasteiger partial charge in [-0.05, 0) is 13.0 Å². The third-order valence-electron chi connectivity index (χ3n) is 5.01. The predicted molar refractivity (Wildman–Crippen MR) is 110 cm³/mol. The van der Waals surface area contributed by atoms with Crippen LogP contribution in [0, 0.1) is 6.92 Å². The van der Waals surface area contributed by atoms with Crippen LogP contribution in [0.2, 0.25) is 5.02 Å². The lowest BCUT2D eigenvalue weighted by molar-refractivity contribution is 0.0585. The fourth-order valence-corrected chi connectivity index (χ4v) is 3.68. The van der Waals surface area contributed by atoms with Crippen LogP contribution in [0.25, 0.3) is 11.3 Å². The topological polar surface area (TPSA) is 90.6 Å². The number of benzene rings is 1. The van der Waals surface area contributed by atoms with Gasteiger partial charge in [0.15, 0.2) is 0 Å². The lowest BCUT2D eigenvalue weighted by atomic mass is 10.0.